The van der Waals surface area contributed by atoms with Crippen LogP contribution < -0.4 is 0 Å². The van der Waals surface area contributed by atoms with Crippen molar-refractivity contribution in [2.45, 2.75) is 20.1 Å². The van der Waals surface area contributed by atoms with E-state index in [4.69, 9.17) is 9.47 Å². The third-order valence-corrected chi connectivity index (χ3v) is 2.43. The fourth-order valence-corrected chi connectivity index (χ4v) is 1.53. The Labute approximate surface area is 106 Å². The van der Waals surface area contributed by atoms with Crippen LogP contribution in [0, 0.1) is 0 Å². The van der Waals surface area contributed by atoms with Gasteiger partial charge in [-0.2, -0.15) is 0 Å². The van der Waals surface area contributed by atoms with Gasteiger partial charge in [0.25, 0.3) is 6.29 Å². The van der Waals surface area contributed by atoms with Gasteiger partial charge in [0.1, 0.15) is 5.75 Å². The molecule has 92 valence electrons. The van der Waals surface area contributed by atoms with Crippen LogP contribution in [0.25, 0.3) is 0 Å². The quantitative estimate of drug-likeness (QED) is 0.685. The third kappa shape index (κ3) is 4.07. The average Bonchev–Trinajstić information content (AvgIpc) is 2.19. The number of carbonyl (C=O) groups excluding carboxylic acids is 2. The fourth-order valence-electron chi connectivity index (χ4n) is 1.13. The molecular weight excluding hydrogens is 292 g/mol. The predicted octanol–water partition coefficient (Wildman–Crippen LogP) is 2.28. The summed E-state index contributed by atoms with van der Waals surface area (Å²) in [7, 11) is 0. The van der Waals surface area contributed by atoms with Gasteiger partial charge in [0, 0.05) is 19.4 Å². The topological polar surface area (TPSA) is 72.8 Å². The fraction of sp³-hybridized carbons (Fsp3) is 0.273. The molecule has 17 heavy (non-hydrogen) atoms. The Morgan fingerprint density at radius 3 is 2.18 bits per heavy atom. The van der Waals surface area contributed by atoms with Crippen LogP contribution in [0.4, 0.5) is 0 Å². The smallest absolute Gasteiger partial charge is 0.305 e. The van der Waals surface area contributed by atoms with E-state index in [1.165, 1.54) is 32.0 Å². The number of esters is 2. The lowest BCUT2D eigenvalue weighted by Crippen LogP contribution is -2.14. The number of phenols is 1. The average molecular weight is 303 g/mol. The van der Waals surface area contributed by atoms with Crippen LogP contribution in [-0.4, -0.2) is 17.0 Å². The minimum atomic E-state index is -1.11. The summed E-state index contributed by atoms with van der Waals surface area (Å²) in [4.78, 5) is 21.8. The normalized spacial score (nSPS) is 10.1. The Morgan fingerprint density at radius 2 is 1.76 bits per heavy atom. The lowest BCUT2D eigenvalue weighted by atomic mass is 10.2. The van der Waals surface area contributed by atoms with Crippen LogP contribution in [0.1, 0.15) is 25.7 Å². The van der Waals surface area contributed by atoms with Gasteiger partial charge in [0.05, 0.1) is 4.47 Å². The molecule has 6 heteroatoms. The number of benzene rings is 1. The molecule has 1 N–H and O–H groups in total. The lowest BCUT2D eigenvalue weighted by molar-refractivity contribution is -0.186. The van der Waals surface area contributed by atoms with E-state index >= 15 is 0 Å². The Morgan fingerprint density at radius 1 is 1.24 bits per heavy atom. The highest BCUT2D eigenvalue weighted by Crippen LogP contribution is 2.29. The summed E-state index contributed by atoms with van der Waals surface area (Å²) in [6, 6.07) is 4.40. The van der Waals surface area contributed by atoms with Crippen molar-refractivity contribution in [2.24, 2.45) is 0 Å². The second kappa shape index (κ2) is 5.67. The van der Waals surface area contributed by atoms with E-state index in [1.54, 1.807) is 0 Å². The molecule has 0 radical (unpaired) electrons. The molecule has 1 aromatic rings. The van der Waals surface area contributed by atoms with E-state index in [2.05, 4.69) is 15.9 Å². The van der Waals surface area contributed by atoms with E-state index < -0.39 is 18.2 Å². The Hall–Kier alpha value is -1.56. The maximum absolute atomic E-state index is 10.9. The number of carbonyl (C=O) groups is 2. The first-order valence-corrected chi connectivity index (χ1v) is 5.52. The van der Waals surface area contributed by atoms with E-state index in [9.17, 15) is 14.7 Å². The molecule has 0 saturated carbocycles. The minimum Gasteiger partial charge on any atom is -0.507 e. The van der Waals surface area contributed by atoms with Crippen LogP contribution in [0.15, 0.2) is 22.7 Å². The summed E-state index contributed by atoms with van der Waals surface area (Å²) in [6.07, 6.45) is -1.11. The summed E-state index contributed by atoms with van der Waals surface area (Å²) < 4.78 is 10.1. The van der Waals surface area contributed by atoms with E-state index in [0.29, 0.717) is 10.0 Å². The molecule has 1 rings (SSSR count). The van der Waals surface area contributed by atoms with Crippen molar-refractivity contribution in [3.63, 3.8) is 0 Å². The molecule has 0 amide bonds. The first-order valence-electron chi connectivity index (χ1n) is 4.73. The van der Waals surface area contributed by atoms with E-state index in [-0.39, 0.29) is 5.75 Å². The summed E-state index contributed by atoms with van der Waals surface area (Å²) >= 11 is 3.12. The van der Waals surface area contributed by atoms with Gasteiger partial charge in [-0.1, -0.05) is 0 Å². The zero-order chi connectivity index (χ0) is 13.0. The van der Waals surface area contributed by atoms with Gasteiger partial charge in [0.15, 0.2) is 0 Å². The van der Waals surface area contributed by atoms with Crippen molar-refractivity contribution in [2.75, 3.05) is 0 Å². The van der Waals surface area contributed by atoms with Crippen molar-refractivity contribution >= 4 is 27.9 Å². The summed E-state index contributed by atoms with van der Waals surface area (Å²) in [5.74, 6) is -1.10. The van der Waals surface area contributed by atoms with Crippen LogP contribution in [0.2, 0.25) is 0 Å². The van der Waals surface area contributed by atoms with Crippen LogP contribution in [0.5, 0.6) is 5.75 Å². The number of ether oxygens (including phenoxy) is 2. The molecule has 0 aliphatic carbocycles. The molecule has 0 spiro atoms. The summed E-state index contributed by atoms with van der Waals surface area (Å²) in [5.41, 5.74) is 0.445. The number of hydrogen-bond acceptors (Lipinski definition) is 5. The van der Waals surface area contributed by atoms with Gasteiger partial charge < -0.3 is 14.6 Å². The Bertz CT molecular complexity index is 427. The summed E-state index contributed by atoms with van der Waals surface area (Å²) in [6.45, 7) is 2.43. The second-order valence-corrected chi connectivity index (χ2v) is 4.12. The number of hydrogen-bond donors (Lipinski definition) is 1. The maximum atomic E-state index is 10.9. The molecule has 0 atom stereocenters. The van der Waals surface area contributed by atoms with Gasteiger partial charge in [-0.25, -0.2) is 0 Å². The largest absolute Gasteiger partial charge is 0.507 e. The van der Waals surface area contributed by atoms with E-state index in [1.807, 2.05) is 0 Å². The Kier molecular flexibility index (Phi) is 4.51. The maximum Gasteiger partial charge on any atom is 0.305 e. The zero-order valence-corrected chi connectivity index (χ0v) is 10.9. The molecule has 0 fully saturated rings. The SMILES string of the molecule is CC(=O)OC(OC(C)=O)c1ccc(O)c(Br)c1. The van der Waals surface area contributed by atoms with Gasteiger partial charge in [-0.3, -0.25) is 9.59 Å². The minimum absolute atomic E-state index is 0.0400. The monoisotopic (exact) mass is 302 g/mol. The first-order chi connectivity index (χ1) is 7.90. The molecule has 0 bridgehead atoms. The van der Waals surface area contributed by atoms with Gasteiger partial charge in [-0.05, 0) is 34.1 Å². The Balaban J connectivity index is 2.98. The van der Waals surface area contributed by atoms with Gasteiger partial charge >= 0.3 is 11.9 Å². The number of halogens is 1. The second-order valence-electron chi connectivity index (χ2n) is 3.26. The van der Waals surface area contributed by atoms with Crippen LogP contribution >= 0.6 is 15.9 Å². The van der Waals surface area contributed by atoms with Gasteiger partial charge in [-0.15, -0.1) is 0 Å². The highest BCUT2D eigenvalue weighted by Gasteiger charge is 2.18. The number of aromatic hydroxyl groups is 1. The highest BCUT2D eigenvalue weighted by molar-refractivity contribution is 9.10. The molecule has 0 saturated heterocycles. The first kappa shape index (κ1) is 13.5. The van der Waals surface area contributed by atoms with Crippen molar-refractivity contribution in [1.29, 1.82) is 0 Å². The summed E-state index contributed by atoms with van der Waals surface area (Å²) in [5, 5.41) is 9.33. The van der Waals surface area contributed by atoms with Crippen molar-refractivity contribution in [1.82, 2.24) is 0 Å². The van der Waals surface area contributed by atoms with Crippen LogP contribution in [0.3, 0.4) is 0 Å². The van der Waals surface area contributed by atoms with Crippen LogP contribution in [-0.2, 0) is 19.1 Å². The zero-order valence-electron chi connectivity index (χ0n) is 9.27. The molecular formula is C11H11BrO5. The molecule has 5 nitrogen and oxygen atoms in total. The lowest BCUT2D eigenvalue weighted by Gasteiger charge is -2.17. The molecule has 0 aliphatic rings. The molecule has 0 heterocycles. The number of phenolic OH excluding ortho intramolecular Hbond substituents is 1. The molecule has 0 unspecified atom stereocenters. The molecule has 1 aromatic carbocycles. The predicted molar refractivity (Wildman–Crippen MR) is 62.1 cm³/mol. The van der Waals surface area contributed by atoms with Gasteiger partial charge in [0.2, 0.25) is 0 Å². The standard InChI is InChI=1S/C11H11BrO5/c1-6(13)16-11(17-7(2)14)8-3-4-10(15)9(12)5-8/h3-5,11,15H,1-2H3. The molecule has 0 aliphatic heterocycles. The van der Waals surface area contributed by atoms with Crippen molar-refractivity contribution < 1.29 is 24.2 Å². The highest BCUT2D eigenvalue weighted by atomic mass is 79.9. The molecule has 0 aromatic heterocycles. The van der Waals surface area contributed by atoms with E-state index in [0.717, 1.165) is 0 Å². The third-order valence-electron chi connectivity index (χ3n) is 1.79. The van der Waals surface area contributed by atoms with Crippen molar-refractivity contribution in [3.8, 4) is 5.75 Å². The number of rotatable bonds is 3. The van der Waals surface area contributed by atoms with Crippen molar-refractivity contribution in [3.05, 3.63) is 28.2 Å².